The zero-order chi connectivity index (χ0) is 11.2. The first-order valence-corrected chi connectivity index (χ1v) is 5.63. The zero-order valence-electron chi connectivity index (χ0n) is 9.57. The lowest BCUT2D eigenvalue weighted by Gasteiger charge is -2.07. The molecule has 0 aliphatic heterocycles. The lowest BCUT2D eigenvalue weighted by atomic mass is 10.2. The van der Waals surface area contributed by atoms with E-state index in [9.17, 15) is 0 Å². The molecule has 1 unspecified atom stereocenters. The summed E-state index contributed by atoms with van der Waals surface area (Å²) in [6.07, 6.45) is 3.03. The van der Waals surface area contributed by atoms with Crippen LogP contribution < -0.4 is 5.32 Å². The second-order valence-corrected chi connectivity index (χ2v) is 5.13. The van der Waals surface area contributed by atoms with Crippen molar-refractivity contribution in [3.63, 3.8) is 0 Å². The standard InChI is InChI=1S/C13H15N3/c1-13(2)7-11(13)16-12-8-14-9-5-3-4-6-10(9)15-12/h3-6,8,11H,7H2,1-2H3,(H,15,16). The van der Waals surface area contributed by atoms with Gasteiger partial charge in [0.25, 0.3) is 0 Å². The van der Waals surface area contributed by atoms with Crippen LogP contribution in [0.1, 0.15) is 20.3 Å². The second-order valence-electron chi connectivity index (χ2n) is 5.13. The van der Waals surface area contributed by atoms with Crippen molar-refractivity contribution in [3.8, 4) is 0 Å². The minimum atomic E-state index is 0.410. The number of fused-ring (bicyclic) bond motifs is 1. The molecule has 0 spiro atoms. The van der Waals surface area contributed by atoms with E-state index >= 15 is 0 Å². The Bertz CT molecular complexity index is 533. The van der Waals surface area contributed by atoms with E-state index in [2.05, 4.69) is 29.1 Å². The number of nitrogens with zero attached hydrogens (tertiary/aromatic N) is 2. The van der Waals surface area contributed by atoms with Gasteiger partial charge in [-0.05, 0) is 24.0 Å². The first-order valence-electron chi connectivity index (χ1n) is 5.63. The summed E-state index contributed by atoms with van der Waals surface area (Å²) in [5.74, 6) is 0.884. The smallest absolute Gasteiger partial charge is 0.145 e. The molecule has 3 rings (SSSR count). The minimum Gasteiger partial charge on any atom is -0.365 e. The van der Waals surface area contributed by atoms with Crippen LogP contribution in [-0.4, -0.2) is 16.0 Å². The second kappa shape index (κ2) is 3.17. The minimum absolute atomic E-state index is 0.410. The molecule has 3 heteroatoms. The van der Waals surface area contributed by atoms with Crippen LogP contribution in [0.2, 0.25) is 0 Å². The summed E-state index contributed by atoms with van der Waals surface area (Å²) in [5.41, 5.74) is 2.31. The molecule has 3 nitrogen and oxygen atoms in total. The fourth-order valence-corrected chi connectivity index (χ4v) is 1.92. The third-order valence-electron chi connectivity index (χ3n) is 3.28. The van der Waals surface area contributed by atoms with Crippen LogP contribution in [0.25, 0.3) is 11.0 Å². The van der Waals surface area contributed by atoms with Gasteiger partial charge in [0.1, 0.15) is 5.82 Å². The number of nitrogens with one attached hydrogen (secondary N) is 1. The molecular weight excluding hydrogens is 198 g/mol. The molecule has 1 atom stereocenters. The van der Waals surface area contributed by atoms with Gasteiger partial charge in [0.05, 0.1) is 17.2 Å². The van der Waals surface area contributed by atoms with E-state index in [4.69, 9.17) is 0 Å². The topological polar surface area (TPSA) is 37.8 Å². The van der Waals surface area contributed by atoms with Crippen molar-refractivity contribution in [2.75, 3.05) is 5.32 Å². The Labute approximate surface area is 94.9 Å². The van der Waals surface area contributed by atoms with E-state index in [1.54, 1.807) is 0 Å². The molecule has 1 N–H and O–H groups in total. The van der Waals surface area contributed by atoms with Gasteiger partial charge >= 0.3 is 0 Å². The van der Waals surface area contributed by atoms with Crippen molar-refractivity contribution < 1.29 is 0 Å². The molecule has 0 amide bonds. The normalized spacial score (nSPS) is 22.0. The third kappa shape index (κ3) is 1.62. The van der Waals surface area contributed by atoms with E-state index in [1.165, 1.54) is 6.42 Å². The van der Waals surface area contributed by atoms with Gasteiger partial charge in [0.15, 0.2) is 0 Å². The highest BCUT2D eigenvalue weighted by Gasteiger charge is 2.45. The summed E-state index contributed by atoms with van der Waals surface area (Å²) in [7, 11) is 0. The molecule has 1 aromatic heterocycles. The molecule has 16 heavy (non-hydrogen) atoms. The molecular formula is C13H15N3. The van der Waals surface area contributed by atoms with E-state index in [1.807, 2.05) is 30.5 Å². The Morgan fingerprint density at radius 1 is 1.25 bits per heavy atom. The number of benzene rings is 1. The highest BCUT2D eigenvalue weighted by Crippen LogP contribution is 2.46. The van der Waals surface area contributed by atoms with Crippen LogP contribution in [-0.2, 0) is 0 Å². The molecule has 82 valence electrons. The van der Waals surface area contributed by atoms with Crippen molar-refractivity contribution in [2.24, 2.45) is 5.41 Å². The Hall–Kier alpha value is -1.64. The SMILES string of the molecule is CC1(C)CC1Nc1cnc2ccccc2n1. The molecule has 1 aromatic carbocycles. The monoisotopic (exact) mass is 213 g/mol. The molecule has 0 radical (unpaired) electrons. The molecule has 0 bridgehead atoms. The summed E-state index contributed by atoms with van der Waals surface area (Å²) in [4.78, 5) is 8.93. The summed E-state index contributed by atoms with van der Waals surface area (Å²) < 4.78 is 0. The highest BCUT2D eigenvalue weighted by atomic mass is 15.1. The van der Waals surface area contributed by atoms with Crippen molar-refractivity contribution in [3.05, 3.63) is 30.5 Å². The van der Waals surface area contributed by atoms with E-state index in [0.717, 1.165) is 16.9 Å². The van der Waals surface area contributed by atoms with Gasteiger partial charge in [-0.1, -0.05) is 26.0 Å². The van der Waals surface area contributed by atoms with Gasteiger partial charge in [0.2, 0.25) is 0 Å². The van der Waals surface area contributed by atoms with Crippen molar-refractivity contribution in [1.29, 1.82) is 0 Å². The summed E-state index contributed by atoms with van der Waals surface area (Å²) >= 11 is 0. The average molecular weight is 213 g/mol. The third-order valence-corrected chi connectivity index (χ3v) is 3.28. The fraction of sp³-hybridized carbons (Fsp3) is 0.385. The predicted octanol–water partition coefficient (Wildman–Crippen LogP) is 2.84. The maximum atomic E-state index is 4.55. The van der Waals surface area contributed by atoms with Gasteiger partial charge in [-0.3, -0.25) is 4.98 Å². The van der Waals surface area contributed by atoms with Crippen LogP contribution in [0.4, 0.5) is 5.82 Å². The molecule has 1 fully saturated rings. The molecule has 1 aliphatic carbocycles. The Morgan fingerprint density at radius 2 is 1.94 bits per heavy atom. The number of aromatic nitrogens is 2. The van der Waals surface area contributed by atoms with E-state index in [-0.39, 0.29) is 0 Å². The first-order chi connectivity index (χ1) is 7.65. The largest absolute Gasteiger partial charge is 0.365 e. The fourth-order valence-electron chi connectivity index (χ4n) is 1.92. The van der Waals surface area contributed by atoms with Crippen LogP contribution in [0, 0.1) is 5.41 Å². The highest BCUT2D eigenvalue weighted by molar-refractivity contribution is 5.75. The number of anilines is 1. The van der Waals surface area contributed by atoms with Gasteiger partial charge in [-0.15, -0.1) is 0 Å². The van der Waals surface area contributed by atoms with Crippen molar-refractivity contribution in [2.45, 2.75) is 26.3 Å². The van der Waals surface area contributed by atoms with Gasteiger partial charge in [-0.25, -0.2) is 4.98 Å². The average Bonchev–Trinajstić information content (AvgIpc) is 2.86. The van der Waals surface area contributed by atoms with E-state index in [0.29, 0.717) is 11.5 Å². The van der Waals surface area contributed by atoms with Gasteiger partial charge in [0, 0.05) is 6.04 Å². The summed E-state index contributed by atoms with van der Waals surface area (Å²) in [5, 5.41) is 3.42. The lowest BCUT2D eigenvalue weighted by Crippen LogP contribution is -2.09. The zero-order valence-corrected chi connectivity index (χ0v) is 9.57. The Balaban J connectivity index is 1.88. The Kier molecular flexibility index (Phi) is 1.90. The maximum Gasteiger partial charge on any atom is 0.145 e. The predicted molar refractivity (Wildman–Crippen MR) is 65.3 cm³/mol. The van der Waals surface area contributed by atoms with E-state index < -0.39 is 0 Å². The van der Waals surface area contributed by atoms with Crippen LogP contribution in [0.5, 0.6) is 0 Å². The molecule has 1 saturated carbocycles. The van der Waals surface area contributed by atoms with Gasteiger partial charge < -0.3 is 5.32 Å². The summed E-state index contributed by atoms with van der Waals surface area (Å²) in [6, 6.07) is 8.48. The number of hydrogen-bond donors (Lipinski definition) is 1. The van der Waals surface area contributed by atoms with Gasteiger partial charge in [-0.2, -0.15) is 0 Å². The quantitative estimate of drug-likeness (QED) is 0.833. The number of para-hydroxylation sites is 2. The summed E-state index contributed by atoms with van der Waals surface area (Å²) in [6.45, 7) is 4.53. The lowest BCUT2D eigenvalue weighted by molar-refractivity contribution is 0.630. The number of rotatable bonds is 2. The first kappa shape index (κ1) is 9.58. The molecule has 1 aliphatic rings. The van der Waals surface area contributed by atoms with Crippen LogP contribution in [0.3, 0.4) is 0 Å². The van der Waals surface area contributed by atoms with Crippen LogP contribution >= 0.6 is 0 Å². The molecule has 0 saturated heterocycles. The van der Waals surface area contributed by atoms with Crippen LogP contribution in [0.15, 0.2) is 30.5 Å². The Morgan fingerprint density at radius 3 is 2.62 bits per heavy atom. The van der Waals surface area contributed by atoms with Crippen molar-refractivity contribution in [1.82, 2.24) is 9.97 Å². The van der Waals surface area contributed by atoms with Crippen molar-refractivity contribution >= 4 is 16.9 Å². The number of hydrogen-bond acceptors (Lipinski definition) is 3. The maximum absolute atomic E-state index is 4.55. The molecule has 1 heterocycles. The molecule has 2 aromatic rings.